The van der Waals surface area contributed by atoms with E-state index < -0.39 is 18.1 Å². The summed E-state index contributed by atoms with van der Waals surface area (Å²) in [7, 11) is 0. The minimum Gasteiger partial charge on any atom is -0.483 e. The second-order valence-corrected chi connectivity index (χ2v) is 9.59. The van der Waals surface area contributed by atoms with Gasteiger partial charge in [0.15, 0.2) is 18.2 Å². The number of halogens is 1. The summed E-state index contributed by atoms with van der Waals surface area (Å²) in [5.41, 5.74) is 3.60. The van der Waals surface area contributed by atoms with E-state index >= 15 is 0 Å². The van der Waals surface area contributed by atoms with Gasteiger partial charge in [0.1, 0.15) is 17.4 Å². The van der Waals surface area contributed by atoms with E-state index in [4.69, 9.17) is 23.7 Å². The van der Waals surface area contributed by atoms with E-state index in [9.17, 15) is 14.0 Å². The van der Waals surface area contributed by atoms with Gasteiger partial charge in [-0.1, -0.05) is 6.07 Å². The molecule has 2 aromatic heterocycles. The van der Waals surface area contributed by atoms with Crippen LogP contribution in [0.15, 0.2) is 40.9 Å². The van der Waals surface area contributed by atoms with E-state index in [-0.39, 0.29) is 30.0 Å². The number of ether oxygens (including phenoxy) is 3. The first-order chi connectivity index (χ1) is 19.2. The molecule has 1 fully saturated rings. The molecular weight excluding hydrogens is 523 g/mol. The lowest BCUT2D eigenvalue weighted by Crippen LogP contribution is -2.43. The second-order valence-electron chi connectivity index (χ2n) is 9.59. The Kier molecular flexibility index (Phi) is 7.50. The summed E-state index contributed by atoms with van der Waals surface area (Å²) in [6, 6.07) is 8.18. The molecule has 5 rings (SSSR count). The van der Waals surface area contributed by atoms with Gasteiger partial charge < -0.3 is 28.6 Å². The Morgan fingerprint density at radius 1 is 1.10 bits per heavy atom. The number of rotatable bonds is 7. The van der Waals surface area contributed by atoms with E-state index in [1.807, 2.05) is 26.0 Å². The molecule has 2 aromatic carbocycles. The molecule has 1 aliphatic heterocycles. The van der Waals surface area contributed by atoms with E-state index in [0.717, 1.165) is 16.7 Å². The minimum atomic E-state index is -1.30. The summed E-state index contributed by atoms with van der Waals surface area (Å²) in [4.78, 5) is 37.8. The number of amides is 1. The average Bonchev–Trinajstić information content (AvgIpc) is 3.33. The van der Waals surface area contributed by atoms with Gasteiger partial charge in [0.2, 0.25) is 5.89 Å². The fraction of sp³-hybridized carbons (Fsp3) is 0.321. The number of benzene rings is 2. The number of likely N-dealkylation sites (tertiary alicyclic amines) is 1. The number of aromatic nitrogens is 3. The molecule has 4 aromatic rings. The molecular formula is C28H27FN4O7. The third-order valence-corrected chi connectivity index (χ3v) is 6.53. The van der Waals surface area contributed by atoms with Gasteiger partial charge in [-0.15, -0.1) is 0 Å². The Morgan fingerprint density at radius 2 is 1.82 bits per heavy atom. The van der Waals surface area contributed by atoms with Crippen LogP contribution >= 0.6 is 0 Å². The van der Waals surface area contributed by atoms with Crippen LogP contribution in [-0.4, -0.2) is 62.8 Å². The van der Waals surface area contributed by atoms with Crippen molar-refractivity contribution in [1.29, 1.82) is 0 Å². The molecule has 0 atom stereocenters. The lowest BCUT2D eigenvalue weighted by Gasteiger charge is -2.31. The van der Waals surface area contributed by atoms with Gasteiger partial charge in [-0.3, -0.25) is 4.79 Å². The van der Waals surface area contributed by atoms with Crippen molar-refractivity contribution in [3.63, 3.8) is 0 Å². The Bertz CT molecular complexity index is 1560. The number of aryl methyl sites for hydroxylation is 3. The SMILES string of the molecule is Cc1ccc(Oc2ncc3nc(-c4cc(C)c(OCC(=O)N5CCC(OC(=O)O)CC5)c(C)c4)oc3n2)c(F)c1. The molecule has 1 aliphatic rings. The fourth-order valence-corrected chi connectivity index (χ4v) is 4.57. The van der Waals surface area contributed by atoms with Gasteiger partial charge >= 0.3 is 12.2 Å². The summed E-state index contributed by atoms with van der Waals surface area (Å²) in [6.07, 6.45) is 0.650. The monoisotopic (exact) mass is 550 g/mol. The van der Waals surface area contributed by atoms with Crippen molar-refractivity contribution in [3.8, 4) is 29.0 Å². The molecule has 1 N–H and O–H groups in total. The summed E-state index contributed by atoms with van der Waals surface area (Å²) in [5.74, 6) is 0.183. The van der Waals surface area contributed by atoms with Gasteiger partial charge in [0.25, 0.3) is 11.6 Å². The molecule has 0 radical (unpaired) electrons. The predicted molar refractivity (Wildman–Crippen MR) is 140 cm³/mol. The number of piperidine rings is 1. The van der Waals surface area contributed by atoms with Crippen molar-refractivity contribution >= 4 is 23.3 Å². The predicted octanol–water partition coefficient (Wildman–Crippen LogP) is 5.21. The van der Waals surface area contributed by atoms with Crippen molar-refractivity contribution in [1.82, 2.24) is 19.9 Å². The zero-order valence-electron chi connectivity index (χ0n) is 22.1. The van der Waals surface area contributed by atoms with Crippen LogP contribution in [-0.2, 0) is 9.53 Å². The maximum atomic E-state index is 14.2. The number of oxazole rings is 1. The minimum absolute atomic E-state index is 0.00157. The highest BCUT2D eigenvalue weighted by atomic mass is 19.1. The van der Waals surface area contributed by atoms with Gasteiger partial charge in [-0.05, 0) is 61.7 Å². The first kappa shape index (κ1) is 26.9. The fourth-order valence-electron chi connectivity index (χ4n) is 4.57. The summed E-state index contributed by atoms with van der Waals surface area (Å²) in [5, 5.41) is 8.75. The van der Waals surface area contributed by atoms with Crippen LogP contribution in [0.5, 0.6) is 17.5 Å². The number of carbonyl (C=O) groups is 2. The molecule has 208 valence electrons. The van der Waals surface area contributed by atoms with E-state index in [2.05, 4.69) is 15.0 Å². The molecule has 3 heterocycles. The topological polar surface area (TPSA) is 137 Å². The van der Waals surface area contributed by atoms with Crippen LogP contribution in [0.1, 0.15) is 29.5 Å². The molecule has 0 saturated carbocycles. The number of carboxylic acid groups (broad SMARTS) is 1. The van der Waals surface area contributed by atoms with E-state index in [1.54, 1.807) is 17.9 Å². The van der Waals surface area contributed by atoms with E-state index in [1.165, 1.54) is 18.3 Å². The largest absolute Gasteiger partial charge is 0.506 e. The Labute approximate surface area is 228 Å². The highest BCUT2D eigenvalue weighted by Gasteiger charge is 2.25. The molecule has 1 amide bonds. The van der Waals surface area contributed by atoms with Crippen LogP contribution < -0.4 is 9.47 Å². The van der Waals surface area contributed by atoms with Gasteiger partial charge in [-0.2, -0.15) is 4.98 Å². The molecule has 1 saturated heterocycles. The Balaban J connectivity index is 1.25. The number of fused-ring (bicyclic) bond motifs is 1. The Hall–Kier alpha value is -4.74. The highest BCUT2D eigenvalue weighted by molar-refractivity contribution is 5.78. The first-order valence-electron chi connectivity index (χ1n) is 12.7. The number of hydrogen-bond donors (Lipinski definition) is 1. The zero-order chi connectivity index (χ0) is 28.4. The molecule has 0 unspecified atom stereocenters. The van der Waals surface area contributed by atoms with Crippen LogP contribution in [0.3, 0.4) is 0 Å². The van der Waals surface area contributed by atoms with Crippen LogP contribution in [0.2, 0.25) is 0 Å². The lowest BCUT2D eigenvalue weighted by molar-refractivity contribution is -0.135. The average molecular weight is 551 g/mol. The van der Waals surface area contributed by atoms with Crippen LogP contribution in [0.4, 0.5) is 9.18 Å². The molecule has 40 heavy (non-hydrogen) atoms. The normalized spacial score (nSPS) is 13.8. The standard InChI is InChI=1S/C28H27FN4O7/c1-15-4-5-22(20(29)10-15)39-27-30-13-21-26(32-27)40-25(31-21)18-11-16(2)24(17(3)12-18)37-14-23(34)33-8-6-19(7-9-33)38-28(35)36/h4-5,10-13,19H,6-9,14H2,1-3H3,(H,35,36). The smallest absolute Gasteiger partial charge is 0.483 e. The van der Waals surface area contributed by atoms with Gasteiger partial charge in [0.05, 0.1) is 6.20 Å². The molecule has 0 aliphatic carbocycles. The van der Waals surface area contributed by atoms with Gasteiger partial charge in [-0.25, -0.2) is 19.2 Å². The Morgan fingerprint density at radius 3 is 2.50 bits per heavy atom. The highest BCUT2D eigenvalue weighted by Crippen LogP contribution is 2.32. The third-order valence-electron chi connectivity index (χ3n) is 6.53. The lowest BCUT2D eigenvalue weighted by atomic mass is 10.1. The van der Waals surface area contributed by atoms with Crippen molar-refractivity contribution in [2.75, 3.05) is 19.7 Å². The van der Waals surface area contributed by atoms with Crippen molar-refractivity contribution < 1.29 is 37.7 Å². The maximum absolute atomic E-state index is 14.2. The van der Waals surface area contributed by atoms with Crippen molar-refractivity contribution in [3.05, 3.63) is 59.0 Å². The van der Waals surface area contributed by atoms with Gasteiger partial charge in [0, 0.05) is 31.5 Å². The summed E-state index contributed by atoms with van der Waals surface area (Å²) < 4.78 is 36.2. The zero-order valence-corrected chi connectivity index (χ0v) is 22.1. The van der Waals surface area contributed by atoms with Crippen molar-refractivity contribution in [2.24, 2.45) is 0 Å². The number of nitrogens with zero attached hydrogens (tertiary/aromatic N) is 4. The van der Waals surface area contributed by atoms with Crippen LogP contribution in [0.25, 0.3) is 22.7 Å². The maximum Gasteiger partial charge on any atom is 0.506 e. The summed E-state index contributed by atoms with van der Waals surface area (Å²) in [6.45, 7) is 6.16. The molecule has 0 spiro atoms. The molecule has 11 nitrogen and oxygen atoms in total. The molecule has 0 bridgehead atoms. The van der Waals surface area contributed by atoms with Crippen LogP contribution in [0, 0.1) is 26.6 Å². The quantitative estimate of drug-likeness (QED) is 0.305. The first-order valence-corrected chi connectivity index (χ1v) is 12.7. The second kappa shape index (κ2) is 11.2. The van der Waals surface area contributed by atoms with E-state index in [0.29, 0.717) is 48.7 Å². The van der Waals surface area contributed by atoms with Crippen molar-refractivity contribution in [2.45, 2.75) is 39.7 Å². The number of hydrogen-bond acceptors (Lipinski definition) is 9. The number of carbonyl (C=O) groups excluding carboxylic acids is 1. The summed E-state index contributed by atoms with van der Waals surface area (Å²) >= 11 is 0. The third kappa shape index (κ3) is 5.95. The molecule has 12 heteroatoms.